The average molecular weight is 1590 g/mol. The normalized spacial score (nSPS) is 23.7. The summed E-state index contributed by atoms with van der Waals surface area (Å²) in [5.41, 5.74) is 16.0. The third-order valence-corrected chi connectivity index (χ3v) is 23.0. The number of H-pyrrole nitrogens is 4. The molecule has 33 heteroatoms. The van der Waals surface area contributed by atoms with E-state index < -0.39 is 168 Å². The summed E-state index contributed by atoms with van der Waals surface area (Å²) in [6, 6.07) is 20.4. The number of carbonyl (C=O) groups excluding carboxylic acids is 12. The Labute approximate surface area is 666 Å². The number of para-hydroxylation sites is 2. The van der Waals surface area contributed by atoms with E-state index in [-0.39, 0.29) is 100 Å². The Morgan fingerprint density at radius 1 is 0.439 bits per heavy atom. The van der Waals surface area contributed by atoms with Gasteiger partial charge in [0.25, 0.3) is 0 Å². The minimum Gasteiger partial charge on any atom is -0.388 e. The van der Waals surface area contributed by atoms with Crippen molar-refractivity contribution in [1.29, 1.82) is 10.8 Å². The number of rotatable bonds is 21. The molecule has 8 aromatic rings. The number of carbonyl (C=O) groups is 12. The number of hydrogen-bond donors (Lipinski definition) is 17. The van der Waals surface area contributed by atoms with E-state index in [0.29, 0.717) is 51.0 Å². The van der Waals surface area contributed by atoms with Crippen molar-refractivity contribution in [1.82, 2.24) is 77.8 Å². The predicted molar refractivity (Wildman–Crippen MR) is 433 cm³/mol. The molecular formula is C81H99N19O12S2. The molecule has 2 bridgehead atoms. The molecule has 0 radical (unpaired) electrons. The van der Waals surface area contributed by atoms with Crippen LogP contribution in [0.1, 0.15) is 112 Å². The first-order valence-corrected chi connectivity index (χ1v) is 40.7. The molecule has 114 heavy (non-hydrogen) atoms. The molecule has 10 rings (SSSR count). The lowest BCUT2D eigenvalue weighted by molar-refractivity contribution is -0.136. The zero-order chi connectivity index (χ0) is 81.2. The van der Waals surface area contributed by atoms with Crippen LogP contribution in [0.15, 0.2) is 147 Å². The van der Waals surface area contributed by atoms with Crippen LogP contribution in [0.3, 0.4) is 0 Å². The van der Waals surface area contributed by atoms with Crippen molar-refractivity contribution < 1.29 is 57.5 Å². The number of nitrogens with zero attached hydrogens (tertiary/aromatic N) is 2. The Hall–Kier alpha value is -11.7. The lowest BCUT2D eigenvalue weighted by Gasteiger charge is -2.28. The number of aromatic nitrogens is 6. The number of fused-ring (bicyclic) bond motifs is 7. The molecule has 2 saturated heterocycles. The van der Waals surface area contributed by atoms with Gasteiger partial charge in [-0.2, -0.15) is 0 Å². The molecule has 12 atom stereocenters. The molecule has 2 aliphatic rings. The van der Waals surface area contributed by atoms with E-state index in [1.54, 1.807) is 91.4 Å². The average Bonchev–Trinajstić information content (AvgIpc) is 1.66. The van der Waals surface area contributed by atoms with Crippen molar-refractivity contribution in [3.63, 3.8) is 0 Å². The number of imidazole rings is 2. The molecule has 4 aromatic carbocycles. The fraction of sp³-hybridized carbons (Fsp3) is 0.407. The molecule has 2 fully saturated rings. The lowest BCUT2D eigenvalue weighted by Crippen LogP contribution is -2.61. The Morgan fingerprint density at radius 2 is 0.930 bits per heavy atom. The van der Waals surface area contributed by atoms with E-state index >= 15 is 47.9 Å². The first-order valence-electron chi connectivity index (χ1n) is 38.2. The van der Waals surface area contributed by atoms with E-state index in [1.165, 1.54) is 32.7 Å². The van der Waals surface area contributed by atoms with Crippen molar-refractivity contribution in [3.05, 3.63) is 180 Å². The van der Waals surface area contributed by atoms with Gasteiger partial charge >= 0.3 is 0 Å². The van der Waals surface area contributed by atoms with Gasteiger partial charge in [-0.15, -0.1) is 0 Å². The summed E-state index contributed by atoms with van der Waals surface area (Å²) in [5.74, 6) is -14.6. The Bertz CT molecular complexity index is 4400. The second kappa shape index (κ2) is 41.7. The number of amidine groups is 1. The first kappa shape index (κ1) is 84.7. The van der Waals surface area contributed by atoms with Crippen LogP contribution in [0.2, 0.25) is 0 Å². The van der Waals surface area contributed by atoms with E-state index in [2.05, 4.69) is 77.8 Å². The summed E-state index contributed by atoms with van der Waals surface area (Å²) in [5, 5.41) is 42.5. The van der Waals surface area contributed by atoms with E-state index in [9.17, 15) is 9.59 Å². The SMILES string of the molecule is C[C@@H]1CC(=O)[C@@H]2CSSC[C@H](NC(=O)[C@H](Cc3c[nH]c4ccccc34)NC(=O)[C@H](CCCNC(=N)N)NC(=O)[C@H](Cc3ccccc3)NC(=O)[C@H](Cc3c[nH]cn3)CC1=O)C(=O)N[C@@H](C)C(=O)N[C@@H](Cc1c[nH]cn1)C(=O)N[C@@H](Cc1ccccc1)C(=O)N[C@@H](CCCCC(=N)N)C(=O)C[C@@H](Cc1c[nH]c3ccccc13)C(=O)C2. The topological polar surface area (TPSA) is 502 Å². The summed E-state index contributed by atoms with van der Waals surface area (Å²) in [6.45, 7) is 2.95. The fourth-order valence-electron chi connectivity index (χ4n) is 14.1. The monoisotopic (exact) mass is 1590 g/mol. The Balaban J connectivity index is 1.08. The van der Waals surface area contributed by atoms with Gasteiger partial charge in [0.1, 0.15) is 59.6 Å². The number of Topliss-reactive ketones (excluding diaryl/α,β-unsaturated/α-hetero) is 4. The van der Waals surface area contributed by atoms with E-state index in [0.717, 1.165) is 32.5 Å². The third kappa shape index (κ3) is 24.9. The van der Waals surface area contributed by atoms with Crippen molar-refractivity contribution in [2.45, 2.75) is 165 Å². The highest BCUT2D eigenvalue weighted by atomic mass is 33.1. The second-order valence-electron chi connectivity index (χ2n) is 29.2. The van der Waals surface area contributed by atoms with Crippen LogP contribution in [-0.2, 0) is 96.1 Å². The van der Waals surface area contributed by atoms with Gasteiger partial charge in [0.2, 0.25) is 47.3 Å². The molecule has 6 heterocycles. The number of ketones is 4. The summed E-state index contributed by atoms with van der Waals surface area (Å²) < 4.78 is 0. The van der Waals surface area contributed by atoms with Crippen LogP contribution in [0.25, 0.3) is 21.8 Å². The molecular weight excluding hydrogens is 1500 g/mol. The molecule has 0 saturated carbocycles. The molecule has 0 spiro atoms. The van der Waals surface area contributed by atoms with Crippen LogP contribution in [0.5, 0.6) is 0 Å². The zero-order valence-electron chi connectivity index (χ0n) is 63.5. The van der Waals surface area contributed by atoms with Gasteiger partial charge in [0.05, 0.1) is 41.8 Å². The van der Waals surface area contributed by atoms with Crippen molar-refractivity contribution >= 4 is 126 Å². The van der Waals surface area contributed by atoms with E-state index in [4.69, 9.17) is 22.3 Å². The summed E-state index contributed by atoms with van der Waals surface area (Å²) >= 11 is 0. The summed E-state index contributed by atoms with van der Waals surface area (Å²) in [4.78, 5) is 204. The first-order chi connectivity index (χ1) is 54.9. The van der Waals surface area contributed by atoms with Gasteiger partial charge in [0.15, 0.2) is 11.7 Å². The van der Waals surface area contributed by atoms with Gasteiger partial charge in [0, 0.05) is 147 Å². The van der Waals surface area contributed by atoms with Crippen LogP contribution >= 0.6 is 21.6 Å². The third-order valence-electron chi connectivity index (χ3n) is 20.5. The largest absolute Gasteiger partial charge is 0.388 e. The summed E-state index contributed by atoms with van der Waals surface area (Å²) in [6.07, 6.45) is 7.36. The van der Waals surface area contributed by atoms with Crippen molar-refractivity contribution in [2.75, 3.05) is 18.1 Å². The second-order valence-corrected chi connectivity index (χ2v) is 31.7. The molecule has 4 aromatic heterocycles. The van der Waals surface area contributed by atoms with Crippen molar-refractivity contribution in [2.24, 2.45) is 35.1 Å². The van der Waals surface area contributed by atoms with Gasteiger partial charge in [-0.3, -0.25) is 68.4 Å². The Morgan fingerprint density at radius 3 is 1.52 bits per heavy atom. The van der Waals surface area contributed by atoms with Gasteiger partial charge < -0.3 is 79.3 Å². The number of nitrogens with two attached hydrogens (primary N) is 2. The predicted octanol–water partition coefficient (Wildman–Crippen LogP) is 4.24. The van der Waals surface area contributed by atoms with Crippen LogP contribution in [0.4, 0.5) is 0 Å². The Kier molecular flexibility index (Phi) is 31.0. The van der Waals surface area contributed by atoms with Crippen molar-refractivity contribution in [3.8, 4) is 0 Å². The smallest absolute Gasteiger partial charge is 0.244 e. The number of benzene rings is 4. The minimum absolute atomic E-state index is 0.0113. The number of unbranched alkanes of at least 4 members (excludes halogenated alkanes) is 1. The minimum atomic E-state index is -1.59. The zero-order valence-corrected chi connectivity index (χ0v) is 65.1. The van der Waals surface area contributed by atoms with Gasteiger partial charge in [-0.05, 0) is 73.4 Å². The highest BCUT2D eigenvalue weighted by Crippen LogP contribution is 2.32. The van der Waals surface area contributed by atoms with Crippen LogP contribution in [0, 0.1) is 34.5 Å². The van der Waals surface area contributed by atoms with Crippen LogP contribution in [-0.4, -0.2) is 178 Å². The van der Waals surface area contributed by atoms with Crippen LogP contribution < -0.4 is 59.3 Å². The number of nitrogens with one attached hydrogen (secondary N) is 15. The van der Waals surface area contributed by atoms with Gasteiger partial charge in [-0.1, -0.05) is 132 Å². The number of aromatic amines is 4. The standard InChI is InChI=1S/C81H99N19O12S2/c1-46-28-69(102)54-36-70(103)50(31-52-38-89-59-22-11-9-20-57(52)59)34-71(104)61(24-13-14-26-72(82)83)94-76(108)64(30-49-18-7-4-8-19-49)98-79(111)66(37-56-41-87-45-92-56)96-73(105)47(2)93-80(112)67(43-114-113-42-54)100-78(110)65(33-53-39-90-60-23-12-10-21-58(53)60)99-75(107)62(25-15-27-88-81(84)85)95-77(109)63(29-48-16-5-3-6-17-48)97-74(106)51(35-68(46)101)32-55-40-86-44-91-55/h3-12,16-23,38-41,44-47,50-51,54,61-67,89-90H,13-15,24-37,42-43H2,1-2H3,(H3,82,83)(H,86,91)(H,87,92)(H,93,112)(H,94,108)(H,95,109)(H,96,105)(H,97,106)(H,98,111)(H,99,107)(H,100,110)(H4,84,85,88)/t46-,47+,50-,51-,54+,61+,62+,63+,64+,65+,66+,67+/m1/s1. The fourth-order valence-corrected chi connectivity index (χ4v) is 16.6. The molecule has 0 aliphatic carbocycles. The molecule has 0 unspecified atom stereocenters. The molecule has 2 aliphatic heterocycles. The maximum Gasteiger partial charge on any atom is 0.244 e. The highest BCUT2D eigenvalue weighted by Gasteiger charge is 2.39. The van der Waals surface area contributed by atoms with Gasteiger partial charge in [-0.25, -0.2) is 9.97 Å². The lowest BCUT2D eigenvalue weighted by atomic mass is 9.82. The molecule has 19 N–H and O–H groups in total. The number of amides is 8. The summed E-state index contributed by atoms with van der Waals surface area (Å²) in [7, 11) is 2.08. The maximum absolute atomic E-state index is 15.8. The molecule has 8 amide bonds. The van der Waals surface area contributed by atoms with E-state index in [1.807, 2.05) is 36.4 Å². The number of guanidine groups is 1. The molecule has 602 valence electrons. The number of hydrogen-bond acceptors (Lipinski definition) is 18. The molecule has 31 nitrogen and oxygen atoms in total. The maximum atomic E-state index is 15.8. The quantitative estimate of drug-likeness (QED) is 0.0207. The highest BCUT2D eigenvalue weighted by molar-refractivity contribution is 8.76.